The van der Waals surface area contributed by atoms with Crippen LogP contribution in [0.15, 0.2) is 41.5 Å². The SMILES string of the molecule is COC(=O)C1=C(C(=O)OC)C(C(F)(F)F)N(Cc2ccccc2)C1. The van der Waals surface area contributed by atoms with Crippen molar-refractivity contribution in [3.8, 4) is 0 Å². The van der Waals surface area contributed by atoms with Gasteiger partial charge in [0, 0.05) is 13.1 Å². The Morgan fingerprint density at radius 2 is 1.71 bits per heavy atom. The molecule has 0 aromatic heterocycles. The van der Waals surface area contributed by atoms with Crippen LogP contribution in [0.2, 0.25) is 0 Å². The van der Waals surface area contributed by atoms with Crippen molar-refractivity contribution < 1.29 is 32.2 Å². The molecule has 5 nitrogen and oxygen atoms in total. The molecule has 1 aromatic rings. The predicted molar refractivity (Wildman–Crippen MR) is 77.8 cm³/mol. The highest BCUT2D eigenvalue weighted by atomic mass is 19.4. The molecule has 1 aromatic carbocycles. The van der Waals surface area contributed by atoms with Crippen molar-refractivity contribution >= 4 is 11.9 Å². The maximum Gasteiger partial charge on any atom is 0.408 e. The molecule has 0 bridgehead atoms. The summed E-state index contributed by atoms with van der Waals surface area (Å²) in [6, 6.07) is 6.25. The van der Waals surface area contributed by atoms with Crippen LogP contribution in [0.25, 0.3) is 0 Å². The standard InChI is InChI=1S/C16H16F3NO4/c1-23-14(21)11-9-20(8-10-6-4-3-5-7-10)13(16(17,18)19)12(11)15(22)24-2/h3-7,13H,8-9H2,1-2H3. The lowest BCUT2D eigenvalue weighted by Crippen LogP contribution is -2.44. The molecule has 1 unspecified atom stereocenters. The zero-order chi connectivity index (χ0) is 17.9. The Morgan fingerprint density at radius 3 is 2.21 bits per heavy atom. The third kappa shape index (κ3) is 3.59. The molecule has 8 heteroatoms. The summed E-state index contributed by atoms with van der Waals surface area (Å²) >= 11 is 0. The summed E-state index contributed by atoms with van der Waals surface area (Å²) in [7, 11) is 2.02. The van der Waals surface area contributed by atoms with E-state index in [2.05, 4.69) is 9.47 Å². The second-order valence-corrected chi connectivity index (χ2v) is 5.21. The number of hydrogen-bond donors (Lipinski definition) is 0. The van der Waals surface area contributed by atoms with Gasteiger partial charge in [0.2, 0.25) is 0 Å². The number of carbonyl (C=O) groups excluding carboxylic acids is 2. The van der Waals surface area contributed by atoms with Gasteiger partial charge in [0.05, 0.1) is 25.4 Å². The highest BCUT2D eigenvalue weighted by Gasteiger charge is 2.54. The maximum absolute atomic E-state index is 13.6. The van der Waals surface area contributed by atoms with Crippen LogP contribution >= 0.6 is 0 Å². The van der Waals surface area contributed by atoms with Crippen molar-refractivity contribution in [3.63, 3.8) is 0 Å². The highest BCUT2D eigenvalue weighted by molar-refractivity contribution is 6.02. The lowest BCUT2D eigenvalue weighted by Gasteiger charge is -2.28. The maximum atomic E-state index is 13.6. The van der Waals surface area contributed by atoms with E-state index in [1.54, 1.807) is 30.3 Å². The summed E-state index contributed by atoms with van der Waals surface area (Å²) < 4.78 is 49.7. The minimum Gasteiger partial charge on any atom is -0.466 e. The van der Waals surface area contributed by atoms with Gasteiger partial charge in [-0.05, 0) is 5.56 Å². The average Bonchev–Trinajstić information content (AvgIpc) is 2.93. The number of halogens is 3. The summed E-state index contributed by atoms with van der Waals surface area (Å²) in [6.07, 6.45) is -4.74. The summed E-state index contributed by atoms with van der Waals surface area (Å²) in [4.78, 5) is 24.7. The molecule has 1 aliphatic heterocycles. The molecule has 24 heavy (non-hydrogen) atoms. The highest BCUT2D eigenvalue weighted by Crippen LogP contribution is 2.38. The molecule has 0 radical (unpaired) electrons. The Bertz CT molecular complexity index is 655. The average molecular weight is 343 g/mol. The summed E-state index contributed by atoms with van der Waals surface area (Å²) in [6.45, 7) is -0.428. The molecular formula is C16H16F3NO4. The fourth-order valence-electron chi connectivity index (χ4n) is 2.71. The van der Waals surface area contributed by atoms with E-state index in [0.29, 0.717) is 5.56 Å². The van der Waals surface area contributed by atoms with Crippen molar-refractivity contribution in [1.82, 2.24) is 4.90 Å². The Morgan fingerprint density at radius 1 is 1.12 bits per heavy atom. The number of carbonyl (C=O) groups is 2. The molecule has 0 fully saturated rings. The van der Waals surface area contributed by atoms with Gasteiger partial charge in [-0.1, -0.05) is 30.3 Å². The molecular weight excluding hydrogens is 327 g/mol. The third-order valence-corrected chi connectivity index (χ3v) is 3.70. The molecule has 0 saturated carbocycles. The molecule has 0 amide bonds. The minimum atomic E-state index is -4.74. The topological polar surface area (TPSA) is 55.8 Å². The fraction of sp³-hybridized carbons (Fsp3) is 0.375. The van der Waals surface area contributed by atoms with Crippen molar-refractivity contribution in [2.75, 3.05) is 20.8 Å². The van der Waals surface area contributed by atoms with Crippen LogP contribution in [-0.2, 0) is 25.6 Å². The number of nitrogens with zero attached hydrogens (tertiary/aromatic N) is 1. The first-order chi connectivity index (χ1) is 11.3. The van der Waals surface area contributed by atoms with Crippen LogP contribution < -0.4 is 0 Å². The van der Waals surface area contributed by atoms with E-state index in [9.17, 15) is 22.8 Å². The first kappa shape index (κ1) is 18.0. The van der Waals surface area contributed by atoms with Crippen molar-refractivity contribution in [2.24, 2.45) is 0 Å². The number of alkyl halides is 3. The molecule has 0 aliphatic carbocycles. The number of benzene rings is 1. The number of hydrogen-bond acceptors (Lipinski definition) is 5. The van der Waals surface area contributed by atoms with Gasteiger partial charge in [0.15, 0.2) is 0 Å². The second kappa shape index (κ2) is 7.04. The van der Waals surface area contributed by atoms with E-state index in [4.69, 9.17) is 0 Å². The lowest BCUT2D eigenvalue weighted by molar-refractivity contribution is -0.174. The molecule has 0 spiro atoms. The first-order valence-corrected chi connectivity index (χ1v) is 7.04. The summed E-state index contributed by atoms with van der Waals surface area (Å²) in [5.41, 5.74) is -0.419. The van der Waals surface area contributed by atoms with Gasteiger partial charge in [0.25, 0.3) is 0 Å². The summed E-state index contributed by atoms with van der Waals surface area (Å²) in [5.74, 6) is -2.16. The molecule has 2 rings (SSSR count). The molecule has 1 heterocycles. The largest absolute Gasteiger partial charge is 0.466 e. The first-order valence-electron chi connectivity index (χ1n) is 7.04. The van der Waals surface area contributed by atoms with Gasteiger partial charge in [0.1, 0.15) is 6.04 Å². The number of ether oxygens (including phenoxy) is 2. The van der Waals surface area contributed by atoms with Gasteiger partial charge in [-0.15, -0.1) is 0 Å². The Labute approximate surface area is 136 Å². The monoisotopic (exact) mass is 343 g/mol. The van der Waals surface area contributed by atoms with Crippen LogP contribution in [0.3, 0.4) is 0 Å². The van der Waals surface area contributed by atoms with Crippen LogP contribution in [0, 0.1) is 0 Å². The molecule has 1 aliphatic rings. The van der Waals surface area contributed by atoms with E-state index in [0.717, 1.165) is 19.1 Å². The zero-order valence-corrected chi connectivity index (χ0v) is 13.1. The van der Waals surface area contributed by atoms with Gasteiger partial charge in [-0.3, -0.25) is 4.90 Å². The zero-order valence-electron chi connectivity index (χ0n) is 13.1. The quantitative estimate of drug-likeness (QED) is 0.784. The van der Waals surface area contributed by atoms with E-state index in [1.165, 1.54) is 0 Å². The van der Waals surface area contributed by atoms with Gasteiger partial charge >= 0.3 is 18.1 Å². The Hall–Kier alpha value is -2.35. The third-order valence-electron chi connectivity index (χ3n) is 3.70. The molecule has 1 atom stereocenters. The fourth-order valence-corrected chi connectivity index (χ4v) is 2.71. The van der Waals surface area contributed by atoms with Crippen LogP contribution in [0.4, 0.5) is 13.2 Å². The van der Waals surface area contributed by atoms with Crippen LogP contribution in [-0.4, -0.2) is 49.8 Å². The van der Waals surface area contributed by atoms with E-state index < -0.39 is 29.7 Å². The Balaban J connectivity index is 2.44. The molecule has 0 N–H and O–H groups in total. The Kier molecular flexibility index (Phi) is 5.28. The van der Waals surface area contributed by atoms with Crippen molar-refractivity contribution in [1.29, 1.82) is 0 Å². The second-order valence-electron chi connectivity index (χ2n) is 5.21. The summed E-state index contributed by atoms with van der Waals surface area (Å²) in [5, 5.41) is 0. The predicted octanol–water partition coefficient (Wildman–Crippen LogP) is 2.08. The smallest absolute Gasteiger partial charge is 0.408 e. The minimum absolute atomic E-state index is 0.0774. The van der Waals surface area contributed by atoms with Crippen LogP contribution in [0.5, 0.6) is 0 Å². The van der Waals surface area contributed by atoms with Gasteiger partial charge in [-0.2, -0.15) is 13.2 Å². The van der Waals surface area contributed by atoms with Crippen molar-refractivity contribution in [2.45, 2.75) is 18.8 Å². The lowest BCUT2D eigenvalue weighted by atomic mass is 10.0. The van der Waals surface area contributed by atoms with Gasteiger partial charge < -0.3 is 9.47 Å². The number of esters is 2. The van der Waals surface area contributed by atoms with E-state index in [1.807, 2.05) is 0 Å². The van der Waals surface area contributed by atoms with E-state index in [-0.39, 0.29) is 18.7 Å². The van der Waals surface area contributed by atoms with Crippen LogP contribution in [0.1, 0.15) is 5.56 Å². The molecule has 0 saturated heterocycles. The number of methoxy groups -OCH3 is 2. The normalized spacial score (nSPS) is 18.6. The number of rotatable bonds is 4. The van der Waals surface area contributed by atoms with E-state index >= 15 is 0 Å². The molecule has 130 valence electrons. The van der Waals surface area contributed by atoms with Gasteiger partial charge in [-0.25, -0.2) is 9.59 Å². The van der Waals surface area contributed by atoms with Crippen molar-refractivity contribution in [3.05, 3.63) is 47.0 Å².